The summed E-state index contributed by atoms with van der Waals surface area (Å²) in [6.07, 6.45) is 1.89. The number of halogens is 1. The molecule has 202 valence electrons. The molecule has 1 aliphatic heterocycles. The van der Waals surface area contributed by atoms with Gasteiger partial charge in [0.15, 0.2) is 5.69 Å². The van der Waals surface area contributed by atoms with Gasteiger partial charge in [0.2, 0.25) is 5.95 Å². The number of pyridine rings is 2. The predicted molar refractivity (Wildman–Crippen MR) is 153 cm³/mol. The molecule has 1 atom stereocenters. The minimum absolute atomic E-state index is 0.0974. The van der Waals surface area contributed by atoms with E-state index in [0.29, 0.717) is 35.6 Å². The lowest BCUT2D eigenvalue weighted by atomic mass is 10.0. The molecule has 1 saturated heterocycles. The highest BCUT2D eigenvalue weighted by atomic mass is 35.5. The van der Waals surface area contributed by atoms with Gasteiger partial charge in [-0.15, -0.1) is 0 Å². The number of hydrogen-bond acceptors (Lipinski definition) is 8. The van der Waals surface area contributed by atoms with E-state index in [4.69, 9.17) is 16.6 Å². The Bertz CT molecular complexity index is 1610. The van der Waals surface area contributed by atoms with Crippen molar-refractivity contribution < 1.29 is 9.90 Å². The van der Waals surface area contributed by atoms with E-state index in [1.807, 2.05) is 45.2 Å². The zero-order valence-electron chi connectivity index (χ0n) is 22.3. The standard InChI is InChI=1S/C28H30ClN7O3/c1-16-13-20(18(3)31-22-7-8-23(29)32-25(22)27(38)39)24-21(14-16)26(37)34(4)28(33-24)36-11-9-35(10-12-36)19-6-5-17(2)30-15-19/h5-8,13-15,18,31H,9-12H2,1-4H3,(H,38,39)/t18-/m1/s1. The number of aromatic nitrogens is 4. The second-order valence-corrected chi connectivity index (χ2v) is 10.2. The lowest BCUT2D eigenvalue weighted by Crippen LogP contribution is -2.48. The number of nitrogens with zero attached hydrogens (tertiary/aromatic N) is 6. The van der Waals surface area contributed by atoms with E-state index in [1.165, 1.54) is 6.07 Å². The van der Waals surface area contributed by atoms with E-state index in [0.717, 1.165) is 35.6 Å². The Kier molecular flexibility index (Phi) is 7.14. The number of aryl methyl sites for hydroxylation is 2. The number of carboxylic acid groups (broad SMARTS) is 1. The van der Waals surface area contributed by atoms with Crippen molar-refractivity contribution in [2.24, 2.45) is 7.05 Å². The first kappa shape index (κ1) is 26.4. The third-order valence-corrected chi connectivity index (χ3v) is 7.27. The maximum Gasteiger partial charge on any atom is 0.356 e. The average molecular weight is 548 g/mol. The van der Waals surface area contributed by atoms with Crippen molar-refractivity contribution in [2.45, 2.75) is 26.8 Å². The summed E-state index contributed by atoms with van der Waals surface area (Å²) in [6, 6.07) is 10.7. The van der Waals surface area contributed by atoms with Gasteiger partial charge in [-0.2, -0.15) is 0 Å². The lowest BCUT2D eigenvalue weighted by Gasteiger charge is -2.37. The van der Waals surface area contributed by atoms with Crippen LogP contribution in [-0.2, 0) is 7.05 Å². The molecule has 1 aliphatic rings. The van der Waals surface area contributed by atoms with E-state index in [9.17, 15) is 14.7 Å². The van der Waals surface area contributed by atoms with Gasteiger partial charge in [-0.1, -0.05) is 17.7 Å². The fourth-order valence-electron chi connectivity index (χ4n) is 4.99. The predicted octanol–water partition coefficient (Wildman–Crippen LogP) is 4.19. The van der Waals surface area contributed by atoms with Crippen LogP contribution in [0.25, 0.3) is 10.9 Å². The monoisotopic (exact) mass is 547 g/mol. The first-order valence-electron chi connectivity index (χ1n) is 12.7. The largest absolute Gasteiger partial charge is 0.476 e. The zero-order valence-corrected chi connectivity index (χ0v) is 23.0. The Morgan fingerprint density at radius 3 is 2.44 bits per heavy atom. The Labute approximate surface area is 230 Å². The van der Waals surface area contributed by atoms with E-state index in [1.54, 1.807) is 17.7 Å². The Morgan fingerprint density at radius 1 is 1.05 bits per heavy atom. The molecule has 2 N–H and O–H groups in total. The molecule has 5 rings (SSSR count). The summed E-state index contributed by atoms with van der Waals surface area (Å²) in [5, 5.41) is 13.5. The summed E-state index contributed by atoms with van der Waals surface area (Å²) in [4.78, 5) is 43.1. The summed E-state index contributed by atoms with van der Waals surface area (Å²) in [7, 11) is 1.75. The van der Waals surface area contributed by atoms with Crippen LogP contribution < -0.4 is 20.7 Å². The van der Waals surface area contributed by atoms with E-state index in [-0.39, 0.29) is 22.4 Å². The molecule has 0 saturated carbocycles. The molecule has 10 nitrogen and oxygen atoms in total. The molecular weight excluding hydrogens is 518 g/mol. The number of carbonyl (C=O) groups is 1. The van der Waals surface area contributed by atoms with Crippen LogP contribution in [0.3, 0.4) is 0 Å². The fourth-order valence-corrected chi connectivity index (χ4v) is 5.14. The molecule has 0 bridgehead atoms. The van der Waals surface area contributed by atoms with E-state index >= 15 is 0 Å². The van der Waals surface area contributed by atoms with Gasteiger partial charge < -0.3 is 20.2 Å². The van der Waals surface area contributed by atoms with E-state index in [2.05, 4.69) is 31.2 Å². The number of carboxylic acids is 1. The van der Waals surface area contributed by atoms with E-state index < -0.39 is 5.97 Å². The van der Waals surface area contributed by atoms with Crippen molar-refractivity contribution >= 4 is 45.8 Å². The van der Waals surface area contributed by atoms with Crippen molar-refractivity contribution in [3.8, 4) is 0 Å². The quantitative estimate of drug-likeness (QED) is 0.343. The summed E-state index contributed by atoms with van der Waals surface area (Å²) in [5.41, 5.74) is 4.38. The third kappa shape index (κ3) is 5.24. The highest BCUT2D eigenvalue weighted by Crippen LogP contribution is 2.29. The van der Waals surface area contributed by atoms with Gasteiger partial charge in [-0.3, -0.25) is 14.3 Å². The highest BCUT2D eigenvalue weighted by Gasteiger charge is 2.24. The summed E-state index contributed by atoms with van der Waals surface area (Å²) >= 11 is 5.93. The summed E-state index contributed by atoms with van der Waals surface area (Å²) in [6.45, 7) is 8.76. The molecular formula is C28H30ClN7O3. The Morgan fingerprint density at radius 2 is 1.77 bits per heavy atom. The van der Waals surface area contributed by atoms with Crippen LogP contribution in [0.1, 0.15) is 40.3 Å². The minimum atomic E-state index is -1.18. The van der Waals surface area contributed by atoms with Gasteiger partial charge in [-0.05, 0) is 56.7 Å². The number of piperazine rings is 1. The van der Waals surface area contributed by atoms with Gasteiger partial charge in [0, 0.05) is 44.5 Å². The normalized spacial score (nSPS) is 14.5. The number of aromatic carboxylic acids is 1. The van der Waals surface area contributed by atoms with Gasteiger partial charge in [-0.25, -0.2) is 14.8 Å². The Hall–Kier alpha value is -4.18. The summed E-state index contributed by atoms with van der Waals surface area (Å²) in [5.74, 6) is -0.581. The first-order chi connectivity index (χ1) is 18.6. The number of fused-ring (bicyclic) bond motifs is 1. The van der Waals surface area contributed by atoms with Gasteiger partial charge >= 0.3 is 5.97 Å². The topological polar surface area (TPSA) is 116 Å². The van der Waals surface area contributed by atoms with Crippen LogP contribution >= 0.6 is 11.6 Å². The smallest absolute Gasteiger partial charge is 0.356 e. The maximum atomic E-state index is 13.5. The van der Waals surface area contributed by atoms with Gasteiger partial charge in [0.05, 0.1) is 34.5 Å². The van der Waals surface area contributed by atoms with Crippen LogP contribution in [0.15, 0.2) is 47.4 Å². The van der Waals surface area contributed by atoms with Crippen molar-refractivity contribution in [1.82, 2.24) is 19.5 Å². The molecule has 0 unspecified atom stereocenters. The van der Waals surface area contributed by atoms with Crippen LogP contribution in [0.4, 0.5) is 17.3 Å². The SMILES string of the molecule is Cc1cc([C@@H](C)Nc2ccc(Cl)nc2C(=O)O)c2nc(N3CCN(c4ccc(C)nc4)CC3)n(C)c(=O)c2c1. The lowest BCUT2D eigenvalue weighted by molar-refractivity contribution is 0.0691. The summed E-state index contributed by atoms with van der Waals surface area (Å²) < 4.78 is 1.61. The van der Waals surface area contributed by atoms with Crippen LogP contribution in [0.2, 0.25) is 5.15 Å². The first-order valence-corrected chi connectivity index (χ1v) is 13.1. The zero-order chi connectivity index (χ0) is 27.8. The number of benzene rings is 1. The molecule has 0 radical (unpaired) electrons. The van der Waals surface area contributed by atoms with Crippen molar-refractivity contribution in [2.75, 3.05) is 41.3 Å². The molecule has 39 heavy (non-hydrogen) atoms. The number of rotatable bonds is 6. The van der Waals surface area contributed by atoms with Crippen molar-refractivity contribution in [3.63, 3.8) is 0 Å². The van der Waals surface area contributed by atoms with Crippen molar-refractivity contribution in [3.05, 3.63) is 80.6 Å². The minimum Gasteiger partial charge on any atom is -0.476 e. The van der Waals surface area contributed by atoms with Gasteiger partial charge in [0.25, 0.3) is 5.56 Å². The second kappa shape index (κ2) is 10.5. The molecule has 0 amide bonds. The molecule has 4 aromatic rings. The molecule has 0 spiro atoms. The number of nitrogens with one attached hydrogen (secondary N) is 1. The van der Waals surface area contributed by atoms with Crippen LogP contribution in [-0.4, -0.2) is 56.8 Å². The third-order valence-electron chi connectivity index (χ3n) is 7.06. The maximum absolute atomic E-state index is 13.5. The van der Waals surface area contributed by atoms with Crippen LogP contribution in [0, 0.1) is 13.8 Å². The molecule has 0 aliphatic carbocycles. The van der Waals surface area contributed by atoms with Crippen molar-refractivity contribution in [1.29, 1.82) is 0 Å². The molecule has 1 fully saturated rings. The van der Waals surface area contributed by atoms with Crippen LogP contribution in [0.5, 0.6) is 0 Å². The average Bonchev–Trinajstić information content (AvgIpc) is 2.92. The Balaban J connectivity index is 1.49. The second-order valence-electron chi connectivity index (χ2n) is 9.86. The van der Waals surface area contributed by atoms with Gasteiger partial charge in [0.1, 0.15) is 5.15 Å². The molecule has 3 aromatic heterocycles. The number of anilines is 3. The fraction of sp³-hybridized carbons (Fsp3) is 0.321. The molecule has 1 aromatic carbocycles. The number of hydrogen-bond donors (Lipinski definition) is 2. The highest BCUT2D eigenvalue weighted by molar-refractivity contribution is 6.29. The molecule has 4 heterocycles. The molecule has 11 heteroatoms.